The van der Waals surface area contributed by atoms with E-state index in [1.807, 2.05) is 0 Å². The van der Waals surface area contributed by atoms with E-state index in [4.69, 9.17) is 4.74 Å². The highest BCUT2D eigenvalue weighted by Crippen LogP contribution is 2.41. The van der Waals surface area contributed by atoms with Gasteiger partial charge in [0.05, 0.1) is 11.0 Å². The molecule has 1 aliphatic heterocycles. The largest absolute Gasteiger partial charge is 0.488 e. The Hall–Kier alpha value is -4.67. The van der Waals surface area contributed by atoms with Crippen LogP contribution in [0.1, 0.15) is 40.8 Å². The number of hydrogen-bond acceptors (Lipinski definition) is 5. The lowest BCUT2D eigenvalue weighted by molar-refractivity contribution is -0.146. The number of imidazole rings is 1. The highest BCUT2D eigenvalue weighted by Gasteiger charge is 2.37. The van der Waals surface area contributed by atoms with Crippen molar-refractivity contribution < 1.29 is 26.8 Å². The molecule has 0 aliphatic carbocycles. The lowest BCUT2D eigenvalue weighted by atomic mass is 9.89. The fourth-order valence-corrected chi connectivity index (χ4v) is 4.78. The quantitative estimate of drug-likeness (QED) is 0.303. The summed E-state index contributed by atoms with van der Waals surface area (Å²) in [5.74, 6) is -1.74. The van der Waals surface area contributed by atoms with E-state index in [0.717, 1.165) is 4.57 Å². The van der Waals surface area contributed by atoms with Crippen molar-refractivity contribution in [3.63, 3.8) is 0 Å². The minimum atomic E-state index is -4.64. The monoisotopic (exact) mass is 522 g/mol. The van der Waals surface area contributed by atoms with Gasteiger partial charge in [0.25, 0.3) is 0 Å². The van der Waals surface area contributed by atoms with Gasteiger partial charge in [0.1, 0.15) is 18.2 Å². The maximum absolute atomic E-state index is 14.1. The summed E-state index contributed by atoms with van der Waals surface area (Å²) >= 11 is 0. The smallest absolute Gasteiger partial charge is 0.449 e. The molecule has 38 heavy (non-hydrogen) atoms. The van der Waals surface area contributed by atoms with E-state index in [2.05, 4.69) is 19.6 Å². The van der Waals surface area contributed by atoms with Gasteiger partial charge in [-0.15, -0.1) is 0 Å². The van der Waals surface area contributed by atoms with Crippen LogP contribution in [0.4, 0.5) is 17.6 Å². The molecule has 1 aliphatic rings. The molecule has 1 N–H and O–H groups in total. The summed E-state index contributed by atoms with van der Waals surface area (Å²) in [6.45, 7) is 1.69. The number of fused-ring (bicyclic) bond motifs is 3. The third-order valence-electron chi connectivity index (χ3n) is 6.45. The van der Waals surface area contributed by atoms with Crippen LogP contribution in [0.15, 0.2) is 70.0 Å². The molecular formula is C27H18F4N4O3. The molecular weight excluding hydrogens is 504 g/mol. The van der Waals surface area contributed by atoms with Crippen LogP contribution in [-0.4, -0.2) is 19.7 Å². The van der Waals surface area contributed by atoms with Crippen molar-refractivity contribution in [2.45, 2.75) is 26.3 Å². The Morgan fingerprint density at radius 1 is 1.08 bits per heavy atom. The second kappa shape index (κ2) is 8.72. The summed E-state index contributed by atoms with van der Waals surface area (Å²) in [5.41, 5.74) is 4.29. The standard InChI is InChI=1S/C27H18F4N4O3/c1-14(24-33-26(36)38-34-24)23-18-8-6-15(10-16(18)13-37-22-11-17(28)7-9-19(22)23)12-35-21-5-3-2-4-20(21)32-25(35)27(29,30)31/h2-11H,12-13H2,1H3,(H,33,34,36)/b23-14+. The lowest BCUT2D eigenvalue weighted by Gasteiger charge is -2.15. The predicted molar refractivity (Wildman–Crippen MR) is 130 cm³/mol. The van der Waals surface area contributed by atoms with Crippen molar-refractivity contribution in [2.75, 3.05) is 0 Å². The minimum Gasteiger partial charge on any atom is -0.488 e. The van der Waals surface area contributed by atoms with E-state index in [1.54, 1.807) is 49.4 Å². The van der Waals surface area contributed by atoms with Crippen molar-refractivity contribution in [3.05, 3.63) is 111 Å². The van der Waals surface area contributed by atoms with Crippen LogP contribution in [0, 0.1) is 5.82 Å². The zero-order valence-corrected chi connectivity index (χ0v) is 19.8. The van der Waals surface area contributed by atoms with E-state index in [-0.39, 0.29) is 30.2 Å². The number of aromatic nitrogens is 4. The van der Waals surface area contributed by atoms with Gasteiger partial charge in [0.15, 0.2) is 5.82 Å². The topological polar surface area (TPSA) is 85.9 Å². The van der Waals surface area contributed by atoms with Crippen molar-refractivity contribution in [2.24, 2.45) is 0 Å². The number of alkyl halides is 3. The second-order valence-corrected chi connectivity index (χ2v) is 8.87. The average molecular weight is 522 g/mol. The van der Waals surface area contributed by atoms with Gasteiger partial charge in [-0.2, -0.15) is 13.2 Å². The molecule has 0 spiro atoms. The summed E-state index contributed by atoms with van der Waals surface area (Å²) in [6, 6.07) is 15.8. The van der Waals surface area contributed by atoms with Crippen LogP contribution in [0.25, 0.3) is 22.2 Å². The molecule has 0 saturated heterocycles. The van der Waals surface area contributed by atoms with Gasteiger partial charge in [-0.25, -0.2) is 14.2 Å². The van der Waals surface area contributed by atoms with Gasteiger partial charge < -0.3 is 9.30 Å². The molecule has 0 bridgehead atoms. The van der Waals surface area contributed by atoms with Gasteiger partial charge >= 0.3 is 11.9 Å². The molecule has 11 heteroatoms. The molecule has 6 rings (SSSR count). The number of halogens is 4. The van der Waals surface area contributed by atoms with Crippen LogP contribution in [-0.2, 0) is 19.3 Å². The fourth-order valence-electron chi connectivity index (χ4n) is 4.78. The number of H-pyrrole nitrogens is 1. The predicted octanol–water partition coefficient (Wildman–Crippen LogP) is 5.79. The number of hydrogen-bond donors (Lipinski definition) is 1. The van der Waals surface area contributed by atoms with Crippen LogP contribution < -0.4 is 10.5 Å². The molecule has 3 aromatic carbocycles. The molecule has 7 nitrogen and oxygen atoms in total. The maximum atomic E-state index is 14.1. The number of nitrogens with one attached hydrogen (secondary N) is 1. The Labute approximate surface area is 212 Å². The molecule has 0 saturated carbocycles. The molecule has 2 aromatic heterocycles. The number of rotatable bonds is 3. The van der Waals surface area contributed by atoms with E-state index in [9.17, 15) is 22.4 Å². The van der Waals surface area contributed by atoms with Crippen molar-refractivity contribution in [3.8, 4) is 5.75 Å². The summed E-state index contributed by atoms with van der Waals surface area (Å²) in [5, 5.41) is 3.78. The Balaban J connectivity index is 1.50. The fraction of sp³-hybridized carbons (Fsp3) is 0.148. The zero-order chi connectivity index (χ0) is 26.6. The minimum absolute atomic E-state index is 0.0442. The zero-order valence-electron chi connectivity index (χ0n) is 19.8. The van der Waals surface area contributed by atoms with Gasteiger partial charge in [0.2, 0.25) is 5.82 Å². The normalized spacial score (nSPS) is 14.6. The third-order valence-corrected chi connectivity index (χ3v) is 6.45. The van der Waals surface area contributed by atoms with E-state index in [0.29, 0.717) is 38.9 Å². The second-order valence-electron chi connectivity index (χ2n) is 8.87. The van der Waals surface area contributed by atoms with Crippen LogP contribution in [0.3, 0.4) is 0 Å². The van der Waals surface area contributed by atoms with Gasteiger partial charge in [0, 0.05) is 23.7 Å². The Morgan fingerprint density at radius 3 is 2.63 bits per heavy atom. The number of aromatic amines is 1. The van der Waals surface area contributed by atoms with Crippen molar-refractivity contribution in [1.82, 2.24) is 19.7 Å². The van der Waals surface area contributed by atoms with E-state index >= 15 is 0 Å². The van der Waals surface area contributed by atoms with Crippen LogP contribution in [0.5, 0.6) is 5.75 Å². The highest BCUT2D eigenvalue weighted by atomic mass is 19.4. The Bertz CT molecular complexity index is 1800. The lowest BCUT2D eigenvalue weighted by Crippen LogP contribution is -2.15. The summed E-state index contributed by atoms with van der Waals surface area (Å²) in [6.07, 6.45) is -4.64. The Kier molecular flexibility index (Phi) is 5.44. The number of para-hydroxylation sites is 2. The Morgan fingerprint density at radius 2 is 1.87 bits per heavy atom. The molecule has 0 unspecified atom stereocenters. The first kappa shape index (κ1) is 23.7. The first-order valence-electron chi connectivity index (χ1n) is 11.5. The molecule has 0 radical (unpaired) electrons. The van der Waals surface area contributed by atoms with Gasteiger partial charge in [-0.1, -0.05) is 29.4 Å². The van der Waals surface area contributed by atoms with Crippen molar-refractivity contribution >= 4 is 22.2 Å². The van der Waals surface area contributed by atoms with Crippen LogP contribution >= 0.6 is 0 Å². The molecule has 3 heterocycles. The number of benzene rings is 3. The van der Waals surface area contributed by atoms with E-state index < -0.39 is 23.6 Å². The molecule has 5 aromatic rings. The number of nitrogens with zero attached hydrogens (tertiary/aromatic N) is 3. The molecule has 0 amide bonds. The third kappa shape index (κ3) is 4.05. The van der Waals surface area contributed by atoms with Gasteiger partial charge in [-0.05, 0) is 59.5 Å². The SMILES string of the molecule is C/C(=C1/c2ccc(Cn3c(C(F)(F)F)nc4ccccc43)cc2COc2cc(F)ccc21)c1noc(=O)[nH]1. The molecule has 0 atom stereocenters. The first-order valence-corrected chi connectivity index (χ1v) is 11.5. The van der Waals surface area contributed by atoms with Crippen molar-refractivity contribution in [1.29, 1.82) is 0 Å². The van der Waals surface area contributed by atoms with Crippen LogP contribution in [0.2, 0.25) is 0 Å². The van der Waals surface area contributed by atoms with Gasteiger partial charge in [-0.3, -0.25) is 9.51 Å². The first-order chi connectivity index (χ1) is 18.2. The average Bonchev–Trinajstić information content (AvgIpc) is 3.44. The molecule has 0 fully saturated rings. The number of ether oxygens (including phenoxy) is 1. The summed E-state index contributed by atoms with van der Waals surface area (Å²) in [7, 11) is 0. The summed E-state index contributed by atoms with van der Waals surface area (Å²) in [4.78, 5) is 17.9. The maximum Gasteiger partial charge on any atom is 0.449 e. The summed E-state index contributed by atoms with van der Waals surface area (Å²) < 4.78 is 67.3. The highest BCUT2D eigenvalue weighted by molar-refractivity contribution is 5.99. The van der Waals surface area contributed by atoms with E-state index in [1.165, 1.54) is 18.2 Å². The molecule has 192 valence electrons. The number of allylic oxidation sites excluding steroid dienone is 1.